The van der Waals surface area contributed by atoms with Gasteiger partial charge < -0.3 is 11.5 Å². The molecule has 25 heavy (non-hydrogen) atoms. The van der Waals surface area contributed by atoms with E-state index < -0.39 is 5.54 Å². The molecule has 0 spiro atoms. The Hall–Kier alpha value is -1.57. The summed E-state index contributed by atoms with van der Waals surface area (Å²) >= 11 is 6.41. The molecule has 4 N–H and O–H groups in total. The standard InChI is InChI=1S/C17H24ClN7/c1-25-13(8-10-2-3-10)15(23-24-25)14-12(18)9-21-16(22-14)17(20)6-4-11(19)5-7-17/h9-11H,2-8,19-20H2,1H3. The van der Waals surface area contributed by atoms with Crippen LogP contribution in [0.4, 0.5) is 0 Å². The number of halogens is 1. The molecule has 0 aromatic carbocycles. The van der Waals surface area contributed by atoms with Crippen LogP contribution in [0, 0.1) is 5.92 Å². The van der Waals surface area contributed by atoms with Crippen LogP contribution in [0.2, 0.25) is 5.02 Å². The molecule has 2 fully saturated rings. The molecule has 2 aromatic rings. The summed E-state index contributed by atoms with van der Waals surface area (Å²) < 4.78 is 1.82. The van der Waals surface area contributed by atoms with E-state index in [0.29, 0.717) is 16.5 Å². The first-order valence-electron chi connectivity index (χ1n) is 8.93. The van der Waals surface area contributed by atoms with Gasteiger partial charge in [-0.05, 0) is 50.9 Å². The maximum Gasteiger partial charge on any atom is 0.148 e. The van der Waals surface area contributed by atoms with Crippen LogP contribution in [-0.4, -0.2) is 31.0 Å². The largest absolute Gasteiger partial charge is 0.328 e. The summed E-state index contributed by atoms with van der Waals surface area (Å²) in [5.41, 5.74) is 14.5. The molecule has 0 unspecified atom stereocenters. The van der Waals surface area contributed by atoms with E-state index in [1.54, 1.807) is 6.20 Å². The molecule has 7 nitrogen and oxygen atoms in total. The van der Waals surface area contributed by atoms with Crippen molar-refractivity contribution in [2.45, 2.75) is 56.5 Å². The summed E-state index contributed by atoms with van der Waals surface area (Å²) in [5, 5.41) is 8.99. The molecule has 2 aliphatic carbocycles. The molecular weight excluding hydrogens is 338 g/mol. The summed E-state index contributed by atoms with van der Waals surface area (Å²) in [4.78, 5) is 9.17. The smallest absolute Gasteiger partial charge is 0.148 e. The van der Waals surface area contributed by atoms with Crippen molar-refractivity contribution in [2.24, 2.45) is 24.4 Å². The quantitative estimate of drug-likeness (QED) is 0.861. The second-order valence-electron chi connectivity index (χ2n) is 7.54. The third kappa shape index (κ3) is 3.28. The Kier molecular flexibility index (Phi) is 4.25. The summed E-state index contributed by atoms with van der Waals surface area (Å²) in [6.07, 6.45) is 8.45. The zero-order valence-corrected chi connectivity index (χ0v) is 15.2. The van der Waals surface area contributed by atoms with Crippen molar-refractivity contribution in [1.29, 1.82) is 0 Å². The molecule has 134 valence electrons. The molecular formula is C17H24ClN7. The molecule has 0 radical (unpaired) electrons. The van der Waals surface area contributed by atoms with Gasteiger partial charge in [-0.1, -0.05) is 16.8 Å². The molecule has 2 aromatic heterocycles. The summed E-state index contributed by atoms with van der Waals surface area (Å²) in [6.45, 7) is 0. The van der Waals surface area contributed by atoms with Gasteiger partial charge in [-0.25, -0.2) is 9.97 Å². The number of aromatic nitrogens is 5. The number of aryl methyl sites for hydroxylation is 1. The number of hydrogen-bond donors (Lipinski definition) is 2. The van der Waals surface area contributed by atoms with Gasteiger partial charge >= 0.3 is 0 Å². The van der Waals surface area contributed by atoms with Gasteiger partial charge in [-0.2, -0.15) is 0 Å². The van der Waals surface area contributed by atoms with E-state index in [2.05, 4.69) is 15.3 Å². The molecule has 2 saturated carbocycles. The molecule has 0 amide bonds. The van der Waals surface area contributed by atoms with Gasteiger partial charge in [-0.15, -0.1) is 5.10 Å². The normalized spacial score (nSPS) is 26.8. The van der Waals surface area contributed by atoms with Gasteiger partial charge in [0.2, 0.25) is 0 Å². The van der Waals surface area contributed by atoms with Crippen LogP contribution in [0.5, 0.6) is 0 Å². The topological polar surface area (TPSA) is 109 Å². The maximum atomic E-state index is 6.61. The first-order chi connectivity index (χ1) is 12.0. The molecule has 0 aliphatic heterocycles. The fourth-order valence-corrected chi connectivity index (χ4v) is 3.72. The van der Waals surface area contributed by atoms with E-state index in [1.165, 1.54) is 12.8 Å². The van der Waals surface area contributed by atoms with Crippen LogP contribution in [0.3, 0.4) is 0 Å². The second kappa shape index (κ2) is 6.30. The molecule has 8 heteroatoms. The average molecular weight is 362 g/mol. The molecule has 2 aliphatic rings. The zero-order valence-electron chi connectivity index (χ0n) is 14.5. The minimum atomic E-state index is -0.548. The van der Waals surface area contributed by atoms with Gasteiger partial charge in [0, 0.05) is 13.1 Å². The average Bonchev–Trinajstić information content (AvgIpc) is 3.35. The van der Waals surface area contributed by atoms with Gasteiger partial charge in [0.15, 0.2) is 0 Å². The van der Waals surface area contributed by atoms with E-state index in [1.807, 2.05) is 11.7 Å². The second-order valence-corrected chi connectivity index (χ2v) is 7.95. The van der Waals surface area contributed by atoms with Crippen LogP contribution < -0.4 is 11.5 Å². The SMILES string of the molecule is Cn1nnc(-c2nc(C3(N)CCC(N)CC3)ncc2Cl)c1CC1CC1. The lowest BCUT2D eigenvalue weighted by molar-refractivity contribution is 0.265. The lowest BCUT2D eigenvalue weighted by Gasteiger charge is -2.34. The predicted octanol–water partition coefficient (Wildman–Crippen LogP) is 1.93. The number of hydrogen-bond acceptors (Lipinski definition) is 6. The van der Waals surface area contributed by atoms with E-state index in [9.17, 15) is 0 Å². The summed E-state index contributed by atoms with van der Waals surface area (Å²) in [6, 6.07) is 0.216. The lowest BCUT2D eigenvalue weighted by Crippen LogP contribution is -2.45. The van der Waals surface area contributed by atoms with Crippen LogP contribution in [0.15, 0.2) is 6.20 Å². The fourth-order valence-electron chi connectivity index (χ4n) is 3.54. The van der Waals surface area contributed by atoms with Crippen molar-refractivity contribution in [3.8, 4) is 11.4 Å². The molecule has 0 atom stereocenters. The highest BCUT2D eigenvalue weighted by atomic mass is 35.5. The zero-order chi connectivity index (χ0) is 17.6. The third-order valence-electron chi connectivity index (χ3n) is 5.46. The van der Waals surface area contributed by atoms with Crippen molar-refractivity contribution >= 4 is 11.6 Å². The van der Waals surface area contributed by atoms with Crippen LogP contribution in [0.1, 0.15) is 50.0 Å². The Morgan fingerprint density at radius 3 is 2.64 bits per heavy atom. The predicted molar refractivity (Wildman–Crippen MR) is 95.8 cm³/mol. The Bertz CT molecular complexity index is 775. The van der Waals surface area contributed by atoms with E-state index in [-0.39, 0.29) is 6.04 Å². The van der Waals surface area contributed by atoms with Gasteiger partial charge in [0.25, 0.3) is 0 Å². The number of rotatable bonds is 4. The monoisotopic (exact) mass is 361 g/mol. The van der Waals surface area contributed by atoms with Gasteiger partial charge in [-0.3, -0.25) is 4.68 Å². The summed E-state index contributed by atoms with van der Waals surface area (Å²) in [7, 11) is 1.91. The van der Waals surface area contributed by atoms with Crippen molar-refractivity contribution in [3.63, 3.8) is 0 Å². The first kappa shape index (κ1) is 16.9. The van der Waals surface area contributed by atoms with Crippen molar-refractivity contribution in [2.75, 3.05) is 0 Å². The third-order valence-corrected chi connectivity index (χ3v) is 5.73. The minimum absolute atomic E-state index is 0.216. The van der Waals surface area contributed by atoms with Crippen LogP contribution in [0.25, 0.3) is 11.4 Å². The van der Waals surface area contributed by atoms with E-state index >= 15 is 0 Å². The Morgan fingerprint density at radius 2 is 1.96 bits per heavy atom. The highest BCUT2D eigenvalue weighted by molar-refractivity contribution is 6.32. The van der Waals surface area contributed by atoms with Gasteiger partial charge in [0.05, 0.1) is 22.5 Å². The van der Waals surface area contributed by atoms with Gasteiger partial charge in [0.1, 0.15) is 17.2 Å². The minimum Gasteiger partial charge on any atom is -0.328 e. The van der Waals surface area contributed by atoms with Crippen LogP contribution in [-0.2, 0) is 19.0 Å². The number of nitrogens with two attached hydrogens (primary N) is 2. The van der Waals surface area contributed by atoms with Crippen LogP contribution >= 0.6 is 11.6 Å². The lowest BCUT2D eigenvalue weighted by atomic mass is 9.80. The molecule has 4 rings (SSSR count). The molecule has 0 bridgehead atoms. The van der Waals surface area contributed by atoms with E-state index in [4.69, 9.17) is 28.1 Å². The highest BCUT2D eigenvalue weighted by Gasteiger charge is 2.36. The number of nitrogens with zero attached hydrogens (tertiary/aromatic N) is 5. The van der Waals surface area contributed by atoms with Crippen molar-refractivity contribution < 1.29 is 0 Å². The summed E-state index contributed by atoms with van der Waals surface area (Å²) in [5.74, 6) is 1.35. The molecule has 0 saturated heterocycles. The Balaban J connectivity index is 1.71. The Morgan fingerprint density at radius 1 is 1.24 bits per heavy atom. The van der Waals surface area contributed by atoms with E-state index in [0.717, 1.165) is 49.4 Å². The highest BCUT2D eigenvalue weighted by Crippen LogP contribution is 2.37. The van der Waals surface area contributed by atoms with Crippen molar-refractivity contribution in [1.82, 2.24) is 25.0 Å². The fraction of sp³-hybridized carbons (Fsp3) is 0.647. The Labute approximate surface area is 152 Å². The first-order valence-corrected chi connectivity index (χ1v) is 9.30. The maximum absolute atomic E-state index is 6.61. The van der Waals surface area contributed by atoms with Crippen molar-refractivity contribution in [3.05, 3.63) is 22.7 Å². The molecule has 2 heterocycles.